The van der Waals surface area contributed by atoms with Crippen molar-refractivity contribution in [2.24, 2.45) is 0 Å². The van der Waals surface area contributed by atoms with Crippen molar-refractivity contribution in [2.45, 2.75) is 25.3 Å². The Morgan fingerprint density at radius 2 is 2.09 bits per heavy atom. The number of benzene rings is 1. The van der Waals surface area contributed by atoms with Crippen LogP contribution < -0.4 is 0 Å². The zero-order valence-electron chi connectivity index (χ0n) is 12.0. The van der Waals surface area contributed by atoms with Gasteiger partial charge in [-0.25, -0.2) is 4.39 Å². The van der Waals surface area contributed by atoms with Gasteiger partial charge in [-0.1, -0.05) is 17.7 Å². The Morgan fingerprint density at radius 1 is 1.32 bits per heavy atom. The zero-order valence-corrected chi connectivity index (χ0v) is 12.8. The normalized spacial score (nSPS) is 17.7. The molecule has 3 rings (SSSR count). The first kappa shape index (κ1) is 15.0. The van der Waals surface area contributed by atoms with Gasteiger partial charge in [0, 0.05) is 29.5 Å². The highest BCUT2D eigenvalue weighted by Gasteiger charge is 2.30. The first-order valence-electron chi connectivity index (χ1n) is 7.29. The fraction of sp³-hybridized carbons (Fsp3) is 0.294. The van der Waals surface area contributed by atoms with Crippen LogP contribution in [0.3, 0.4) is 0 Å². The third-order valence-electron chi connectivity index (χ3n) is 4.05. The van der Waals surface area contributed by atoms with Gasteiger partial charge in [0.2, 0.25) is 5.91 Å². The number of likely N-dealkylation sites (tertiary alicyclic amines) is 1. The number of nitrogens with zero attached hydrogens (tertiary/aromatic N) is 2. The molecule has 22 heavy (non-hydrogen) atoms. The minimum atomic E-state index is -0.430. The maximum absolute atomic E-state index is 13.9. The Hall–Kier alpha value is -1.94. The lowest BCUT2D eigenvalue weighted by Crippen LogP contribution is -2.32. The van der Waals surface area contributed by atoms with E-state index >= 15 is 0 Å². The van der Waals surface area contributed by atoms with Crippen molar-refractivity contribution in [3.05, 3.63) is 64.7 Å². The van der Waals surface area contributed by atoms with Gasteiger partial charge in [-0.2, -0.15) is 0 Å². The summed E-state index contributed by atoms with van der Waals surface area (Å²) < 4.78 is 13.9. The Morgan fingerprint density at radius 3 is 2.82 bits per heavy atom. The summed E-state index contributed by atoms with van der Waals surface area (Å²) in [5, 5.41) is 0.299. The monoisotopic (exact) mass is 318 g/mol. The van der Waals surface area contributed by atoms with E-state index < -0.39 is 5.82 Å². The SMILES string of the molecule is O=C(Cc1c(F)cccc1Cl)N1CCC[C@@H]1c1ccncc1. The first-order valence-corrected chi connectivity index (χ1v) is 7.67. The molecule has 1 amide bonds. The standard InChI is InChI=1S/C17H16ClFN2O/c18-14-3-1-4-15(19)13(14)11-17(22)21-10-2-5-16(21)12-6-8-20-9-7-12/h1,3-4,6-9,16H,2,5,10-11H2/t16-/m1/s1. The van der Waals surface area contributed by atoms with Crippen molar-refractivity contribution in [1.82, 2.24) is 9.88 Å². The molecule has 2 aromatic rings. The van der Waals surface area contributed by atoms with Crippen LogP contribution in [0.25, 0.3) is 0 Å². The quantitative estimate of drug-likeness (QED) is 0.863. The van der Waals surface area contributed by atoms with Gasteiger partial charge in [0.1, 0.15) is 5.82 Å². The molecule has 0 saturated carbocycles. The van der Waals surface area contributed by atoms with E-state index in [-0.39, 0.29) is 23.9 Å². The van der Waals surface area contributed by atoms with E-state index in [1.165, 1.54) is 6.07 Å². The summed E-state index contributed by atoms with van der Waals surface area (Å²) in [4.78, 5) is 18.4. The Balaban J connectivity index is 1.80. The summed E-state index contributed by atoms with van der Waals surface area (Å²) in [6.07, 6.45) is 5.31. The van der Waals surface area contributed by atoms with Crippen molar-refractivity contribution in [1.29, 1.82) is 0 Å². The zero-order chi connectivity index (χ0) is 15.5. The molecule has 1 aliphatic heterocycles. The minimum Gasteiger partial charge on any atom is -0.335 e. The van der Waals surface area contributed by atoms with Crippen LogP contribution in [-0.2, 0) is 11.2 Å². The molecular weight excluding hydrogens is 303 g/mol. The summed E-state index contributed by atoms with van der Waals surface area (Å²) in [7, 11) is 0. The number of hydrogen-bond acceptors (Lipinski definition) is 2. The van der Waals surface area contributed by atoms with Gasteiger partial charge in [-0.3, -0.25) is 9.78 Å². The van der Waals surface area contributed by atoms with Crippen molar-refractivity contribution >= 4 is 17.5 Å². The van der Waals surface area contributed by atoms with Gasteiger partial charge in [0.05, 0.1) is 12.5 Å². The molecule has 1 aromatic heterocycles. The number of halogens is 2. The number of carbonyl (C=O) groups excluding carboxylic acids is 1. The maximum Gasteiger partial charge on any atom is 0.227 e. The second kappa shape index (κ2) is 6.44. The predicted molar refractivity (Wildman–Crippen MR) is 83.0 cm³/mol. The summed E-state index contributed by atoms with van der Waals surface area (Å²) >= 11 is 6.01. The molecule has 0 bridgehead atoms. The maximum atomic E-state index is 13.9. The number of carbonyl (C=O) groups is 1. The number of hydrogen-bond donors (Lipinski definition) is 0. The summed E-state index contributed by atoms with van der Waals surface area (Å²) in [5.41, 5.74) is 1.34. The number of rotatable bonds is 3. The molecule has 5 heteroatoms. The first-order chi connectivity index (χ1) is 10.7. The third kappa shape index (κ3) is 2.97. The number of pyridine rings is 1. The summed E-state index contributed by atoms with van der Waals surface area (Å²) in [5.74, 6) is -0.521. The highest BCUT2D eigenvalue weighted by molar-refractivity contribution is 6.31. The molecule has 114 valence electrons. The third-order valence-corrected chi connectivity index (χ3v) is 4.41. The van der Waals surface area contributed by atoms with E-state index in [1.54, 1.807) is 24.5 Å². The van der Waals surface area contributed by atoms with Gasteiger partial charge in [-0.15, -0.1) is 0 Å². The van der Waals surface area contributed by atoms with Gasteiger partial charge < -0.3 is 4.90 Å². The molecule has 1 fully saturated rings. The van der Waals surface area contributed by atoms with Crippen molar-refractivity contribution < 1.29 is 9.18 Å². The highest BCUT2D eigenvalue weighted by atomic mass is 35.5. The van der Waals surface area contributed by atoms with Crippen LogP contribution in [0.1, 0.15) is 30.0 Å². The number of amides is 1. The van der Waals surface area contributed by atoms with Crippen molar-refractivity contribution in [3.8, 4) is 0 Å². The van der Waals surface area contributed by atoms with Crippen LogP contribution in [0, 0.1) is 5.82 Å². The van der Waals surface area contributed by atoms with Crippen LogP contribution in [-0.4, -0.2) is 22.3 Å². The highest BCUT2D eigenvalue weighted by Crippen LogP contribution is 2.32. The van der Waals surface area contributed by atoms with Crippen LogP contribution in [0.15, 0.2) is 42.7 Å². The van der Waals surface area contributed by atoms with Crippen LogP contribution in [0.2, 0.25) is 5.02 Å². The fourth-order valence-corrected chi connectivity index (χ4v) is 3.18. The Labute approximate surface area is 133 Å². The lowest BCUT2D eigenvalue weighted by Gasteiger charge is -2.25. The molecule has 0 N–H and O–H groups in total. The molecule has 1 saturated heterocycles. The largest absolute Gasteiger partial charge is 0.335 e. The smallest absolute Gasteiger partial charge is 0.227 e. The van der Waals surface area contributed by atoms with E-state index in [9.17, 15) is 9.18 Å². The average molecular weight is 319 g/mol. The van der Waals surface area contributed by atoms with Crippen molar-refractivity contribution in [2.75, 3.05) is 6.54 Å². The van der Waals surface area contributed by atoms with Crippen molar-refractivity contribution in [3.63, 3.8) is 0 Å². The molecule has 0 spiro atoms. The summed E-state index contributed by atoms with van der Waals surface area (Å²) in [6, 6.07) is 8.37. The minimum absolute atomic E-state index is 0.00685. The predicted octanol–water partition coefficient (Wildman–Crippen LogP) is 3.78. The van der Waals surface area contributed by atoms with Gasteiger partial charge in [0.15, 0.2) is 0 Å². The van der Waals surface area contributed by atoms with Crippen LogP contribution in [0.4, 0.5) is 4.39 Å². The second-order valence-corrected chi connectivity index (χ2v) is 5.81. The van der Waals surface area contributed by atoms with E-state index in [4.69, 9.17) is 11.6 Å². The molecule has 3 nitrogen and oxygen atoms in total. The molecular formula is C17H16ClFN2O. The number of aromatic nitrogens is 1. The lowest BCUT2D eigenvalue weighted by atomic mass is 10.1. The molecule has 1 aliphatic rings. The van der Waals surface area contributed by atoms with Gasteiger partial charge >= 0.3 is 0 Å². The molecule has 0 aliphatic carbocycles. The van der Waals surface area contributed by atoms with E-state index in [1.807, 2.05) is 17.0 Å². The van der Waals surface area contributed by atoms with Gasteiger partial charge in [-0.05, 0) is 42.7 Å². The molecule has 2 heterocycles. The van der Waals surface area contributed by atoms with E-state index in [2.05, 4.69) is 4.98 Å². The topological polar surface area (TPSA) is 33.2 Å². The molecule has 0 radical (unpaired) electrons. The molecule has 0 unspecified atom stereocenters. The van der Waals surface area contributed by atoms with Crippen LogP contribution in [0.5, 0.6) is 0 Å². The fourth-order valence-electron chi connectivity index (χ4n) is 2.95. The van der Waals surface area contributed by atoms with Gasteiger partial charge in [0.25, 0.3) is 0 Å². The summed E-state index contributed by atoms with van der Waals surface area (Å²) in [6.45, 7) is 0.692. The molecule has 1 aromatic carbocycles. The van der Waals surface area contributed by atoms with Crippen LogP contribution >= 0.6 is 11.6 Å². The second-order valence-electron chi connectivity index (χ2n) is 5.40. The Kier molecular flexibility index (Phi) is 4.39. The average Bonchev–Trinajstić information content (AvgIpc) is 3.01. The van der Waals surface area contributed by atoms with E-state index in [0.29, 0.717) is 11.6 Å². The lowest BCUT2D eigenvalue weighted by molar-refractivity contribution is -0.131. The Bertz CT molecular complexity index is 657. The molecule has 1 atom stereocenters. The van der Waals surface area contributed by atoms with E-state index in [0.717, 1.165) is 18.4 Å².